The molecular formula is C13H24N2O2. The number of nitrogens with two attached hydrogens (primary N) is 1. The molecule has 4 nitrogen and oxygen atoms in total. The maximum absolute atomic E-state index is 12.1. The third-order valence-corrected chi connectivity index (χ3v) is 3.88. The second-order valence-electron chi connectivity index (χ2n) is 5.37. The van der Waals surface area contributed by atoms with Crippen LogP contribution >= 0.6 is 0 Å². The minimum absolute atomic E-state index is 0.142. The Hall–Kier alpha value is -0.610. The first-order valence-corrected chi connectivity index (χ1v) is 6.89. The fourth-order valence-corrected chi connectivity index (χ4v) is 2.83. The molecule has 0 aromatic carbocycles. The SMILES string of the molecule is NC1CCCC(C(=O)NC2CCCOCC2)C1. The second kappa shape index (κ2) is 6.36. The van der Waals surface area contributed by atoms with Crippen LogP contribution in [0.3, 0.4) is 0 Å². The summed E-state index contributed by atoms with van der Waals surface area (Å²) in [5, 5.41) is 3.17. The van der Waals surface area contributed by atoms with Gasteiger partial charge in [0, 0.05) is 31.2 Å². The molecule has 2 rings (SSSR count). The Kier molecular flexibility index (Phi) is 4.80. The molecule has 0 spiro atoms. The molecule has 2 fully saturated rings. The monoisotopic (exact) mass is 240 g/mol. The average molecular weight is 240 g/mol. The maximum Gasteiger partial charge on any atom is 0.223 e. The van der Waals surface area contributed by atoms with Crippen molar-refractivity contribution in [2.45, 2.75) is 57.0 Å². The molecule has 1 aliphatic carbocycles. The van der Waals surface area contributed by atoms with E-state index in [0.29, 0.717) is 6.04 Å². The summed E-state index contributed by atoms with van der Waals surface area (Å²) in [6.45, 7) is 1.61. The Labute approximate surface area is 103 Å². The fourth-order valence-electron chi connectivity index (χ4n) is 2.83. The number of rotatable bonds is 2. The number of hydrogen-bond donors (Lipinski definition) is 2. The highest BCUT2D eigenvalue weighted by molar-refractivity contribution is 5.79. The highest BCUT2D eigenvalue weighted by Gasteiger charge is 2.26. The number of amides is 1. The zero-order chi connectivity index (χ0) is 12.1. The van der Waals surface area contributed by atoms with E-state index >= 15 is 0 Å². The first-order chi connectivity index (χ1) is 8.25. The number of carbonyl (C=O) groups excluding carboxylic acids is 1. The number of ether oxygens (including phenoxy) is 1. The summed E-state index contributed by atoms with van der Waals surface area (Å²) in [5.41, 5.74) is 5.92. The van der Waals surface area contributed by atoms with Gasteiger partial charge in [-0.25, -0.2) is 0 Å². The Bertz CT molecular complexity index is 250. The van der Waals surface area contributed by atoms with Gasteiger partial charge in [0.15, 0.2) is 0 Å². The molecule has 1 saturated heterocycles. The van der Waals surface area contributed by atoms with Crippen LogP contribution in [0.15, 0.2) is 0 Å². The molecule has 1 amide bonds. The maximum atomic E-state index is 12.1. The van der Waals surface area contributed by atoms with Gasteiger partial charge in [0.25, 0.3) is 0 Å². The smallest absolute Gasteiger partial charge is 0.223 e. The van der Waals surface area contributed by atoms with Crippen molar-refractivity contribution in [1.82, 2.24) is 5.32 Å². The van der Waals surface area contributed by atoms with Crippen molar-refractivity contribution in [3.63, 3.8) is 0 Å². The topological polar surface area (TPSA) is 64.4 Å². The molecule has 4 heteroatoms. The van der Waals surface area contributed by atoms with E-state index in [1.807, 2.05) is 0 Å². The highest BCUT2D eigenvalue weighted by atomic mass is 16.5. The van der Waals surface area contributed by atoms with Gasteiger partial charge >= 0.3 is 0 Å². The van der Waals surface area contributed by atoms with Gasteiger partial charge in [0.1, 0.15) is 0 Å². The van der Waals surface area contributed by atoms with Crippen molar-refractivity contribution in [2.75, 3.05) is 13.2 Å². The molecule has 3 unspecified atom stereocenters. The van der Waals surface area contributed by atoms with Crippen molar-refractivity contribution in [3.8, 4) is 0 Å². The summed E-state index contributed by atoms with van der Waals surface area (Å²) in [5.74, 6) is 0.356. The van der Waals surface area contributed by atoms with Gasteiger partial charge in [0.05, 0.1) is 0 Å². The predicted octanol–water partition coefficient (Wildman–Crippen LogP) is 1.19. The number of carbonyl (C=O) groups is 1. The van der Waals surface area contributed by atoms with Crippen molar-refractivity contribution in [2.24, 2.45) is 11.7 Å². The summed E-state index contributed by atoms with van der Waals surface area (Å²) in [4.78, 5) is 12.1. The van der Waals surface area contributed by atoms with Gasteiger partial charge < -0.3 is 15.8 Å². The summed E-state index contributed by atoms with van der Waals surface area (Å²) >= 11 is 0. The van der Waals surface area contributed by atoms with E-state index < -0.39 is 0 Å². The first kappa shape index (κ1) is 12.8. The molecule has 1 heterocycles. The summed E-state index contributed by atoms with van der Waals surface area (Å²) in [6.07, 6.45) is 7.07. The Morgan fingerprint density at radius 3 is 2.82 bits per heavy atom. The van der Waals surface area contributed by atoms with Crippen LogP contribution in [0.1, 0.15) is 44.9 Å². The average Bonchev–Trinajstić information content (AvgIpc) is 2.57. The Morgan fingerprint density at radius 1 is 1.12 bits per heavy atom. The molecule has 0 aromatic rings. The van der Waals surface area contributed by atoms with E-state index in [2.05, 4.69) is 5.32 Å². The van der Waals surface area contributed by atoms with Gasteiger partial charge in [-0.2, -0.15) is 0 Å². The van der Waals surface area contributed by atoms with Gasteiger partial charge in [-0.05, 0) is 38.5 Å². The lowest BCUT2D eigenvalue weighted by atomic mass is 9.85. The second-order valence-corrected chi connectivity index (χ2v) is 5.37. The molecule has 98 valence electrons. The van der Waals surface area contributed by atoms with Crippen LogP contribution in [0.25, 0.3) is 0 Å². The van der Waals surface area contributed by atoms with E-state index in [1.54, 1.807) is 0 Å². The quantitative estimate of drug-likeness (QED) is 0.762. The van der Waals surface area contributed by atoms with Crippen LogP contribution < -0.4 is 11.1 Å². The fraction of sp³-hybridized carbons (Fsp3) is 0.923. The van der Waals surface area contributed by atoms with Crippen molar-refractivity contribution < 1.29 is 9.53 Å². The van der Waals surface area contributed by atoms with Crippen LogP contribution in [-0.2, 0) is 9.53 Å². The first-order valence-electron chi connectivity index (χ1n) is 6.89. The van der Waals surface area contributed by atoms with E-state index in [4.69, 9.17) is 10.5 Å². The van der Waals surface area contributed by atoms with Crippen LogP contribution in [0.2, 0.25) is 0 Å². The molecule has 1 aliphatic heterocycles. The lowest BCUT2D eigenvalue weighted by Gasteiger charge is -2.27. The standard InChI is InChI=1S/C13H24N2O2/c14-11-4-1-3-10(9-11)13(16)15-12-5-2-7-17-8-6-12/h10-12H,1-9,14H2,(H,15,16). The Balaban J connectivity index is 1.78. The van der Waals surface area contributed by atoms with Gasteiger partial charge in [-0.15, -0.1) is 0 Å². The molecule has 3 atom stereocenters. The van der Waals surface area contributed by atoms with Crippen molar-refractivity contribution in [1.29, 1.82) is 0 Å². The van der Waals surface area contributed by atoms with Crippen LogP contribution in [0.5, 0.6) is 0 Å². The van der Waals surface area contributed by atoms with Crippen molar-refractivity contribution in [3.05, 3.63) is 0 Å². The third kappa shape index (κ3) is 3.96. The minimum Gasteiger partial charge on any atom is -0.381 e. The van der Waals surface area contributed by atoms with Crippen LogP contribution in [-0.4, -0.2) is 31.2 Å². The predicted molar refractivity (Wildman–Crippen MR) is 66.5 cm³/mol. The van der Waals surface area contributed by atoms with Crippen LogP contribution in [0.4, 0.5) is 0 Å². The molecule has 17 heavy (non-hydrogen) atoms. The van der Waals surface area contributed by atoms with Crippen molar-refractivity contribution >= 4 is 5.91 Å². The van der Waals surface area contributed by atoms with E-state index in [0.717, 1.165) is 58.2 Å². The molecule has 0 radical (unpaired) electrons. The molecule has 0 bridgehead atoms. The summed E-state index contributed by atoms with van der Waals surface area (Å²) in [7, 11) is 0. The van der Waals surface area contributed by atoms with E-state index in [9.17, 15) is 4.79 Å². The largest absolute Gasteiger partial charge is 0.381 e. The van der Waals surface area contributed by atoms with Gasteiger partial charge in [-0.1, -0.05) is 6.42 Å². The van der Waals surface area contributed by atoms with E-state index in [1.165, 1.54) is 0 Å². The number of nitrogens with one attached hydrogen (secondary N) is 1. The Morgan fingerprint density at radius 2 is 2.00 bits per heavy atom. The summed E-state index contributed by atoms with van der Waals surface area (Å²) in [6, 6.07) is 0.528. The lowest BCUT2D eigenvalue weighted by Crippen LogP contribution is -2.42. The summed E-state index contributed by atoms with van der Waals surface area (Å²) < 4.78 is 5.40. The van der Waals surface area contributed by atoms with Gasteiger partial charge in [0.2, 0.25) is 5.91 Å². The molecular weight excluding hydrogens is 216 g/mol. The van der Waals surface area contributed by atoms with E-state index in [-0.39, 0.29) is 17.9 Å². The zero-order valence-corrected chi connectivity index (χ0v) is 10.5. The minimum atomic E-state index is 0.142. The molecule has 1 saturated carbocycles. The highest BCUT2D eigenvalue weighted by Crippen LogP contribution is 2.23. The molecule has 0 aromatic heterocycles. The van der Waals surface area contributed by atoms with Gasteiger partial charge in [-0.3, -0.25) is 4.79 Å². The zero-order valence-electron chi connectivity index (χ0n) is 10.5. The normalized spacial score (nSPS) is 35.0. The van der Waals surface area contributed by atoms with Crippen LogP contribution in [0, 0.1) is 5.92 Å². The molecule has 2 aliphatic rings. The number of hydrogen-bond acceptors (Lipinski definition) is 3. The third-order valence-electron chi connectivity index (χ3n) is 3.88. The molecule has 3 N–H and O–H groups in total. The lowest BCUT2D eigenvalue weighted by molar-refractivity contribution is -0.126.